The Morgan fingerprint density at radius 3 is 2.74 bits per heavy atom. The number of halogens is 1. The highest BCUT2D eigenvalue weighted by molar-refractivity contribution is 9.10. The van der Waals surface area contributed by atoms with Crippen LogP contribution in [0.15, 0.2) is 27.8 Å². The maximum Gasteiger partial charge on any atom is 0.257 e. The van der Waals surface area contributed by atoms with E-state index < -0.39 is 0 Å². The number of nitrogens with zero attached hydrogens (tertiary/aromatic N) is 2. The first-order valence-corrected chi connectivity index (χ1v) is 6.38. The number of amidine groups is 1. The number of carbonyl (C=O) groups is 1. The second-order valence-electron chi connectivity index (χ2n) is 4.22. The summed E-state index contributed by atoms with van der Waals surface area (Å²) in [6, 6.07) is 4.41. The number of phenolic OH excluding ortho intramolecular Hbond substituents is 1. The van der Waals surface area contributed by atoms with E-state index in [1.54, 1.807) is 20.0 Å². The van der Waals surface area contributed by atoms with Crippen molar-refractivity contribution >= 4 is 27.7 Å². The lowest BCUT2D eigenvalue weighted by Crippen LogP contribution is -2.37. The van der Waals surface area contributed by atoms with Crippen LogP contribution in [0, 0.1) is 0 Å². The first-order chi connectivity index (χ1) is 8.86. The molecule has 1 rings (SSSR count). The number of hydrogen-bond donors (Lipinski definition) is 3. The minimum Gasteiger partial charge on any atom is -0.507 e. The van der Waals surface area contributed by atoms with Gasteiger partial charge in [0.05, 0.1) is 5.56 Å². The van der Waals surface area contributed by atoms with Gasteiger partial charge in [-0.1, -0.05) is 21.1 Å². The molecule has 0 saturated carbocycles. The molecule has 6 nitrogen and oxygen atoms in total. The lowest BCUT2D eigenvalue weighted by molar-refractivity contribution is 0.0744. The Morgan fingerprint density at radius 2 is 2.21 bits per heavy atom. The van der Waals surface area contributed by atoms with Crippen molar-refractivity contribution in [1.82, 2.24) is 4.90 Å². The second kappa shape index (κ2) is 6.42. The van der Waals surface area contributed by atoms with Gasteiger partial charge in [-0.3, -0.25) is 4.79 Å². The van der Waals surface area contributed by atoms with Crippen LogP contribution in [0.5, 0.6) is 5.75 Å². The van der Waals surface area contributed by atoms with Crippen molar-refractivity contribution in [3.05, 3.63) is 28.2 Å². The zero-order valence-electron chi connectivity index (χ0n) is 10.7. The van der Waals surface area contributed by atoms with E-state index in [0.29, 0.717) is 4.47 Å². The van der Waals surface area contributed by atoms with Crippen molar-refractivity contribution in [3.63, 3.8) is 0 Å². The van der Waals surface area contributed by atoms with Gasteiger partial charge >= 0.3 is 0 Å². The molecule has 1 atom stereocenters. The van der Waals surface area contributed by atoms with Crippen molar-refractivity contribution in [2.75, 3.05) is 7.05 Å². The number of aromatic hydroxyl groups is 1. The fourth-order valence-corrected chi connectivity index (χ4v) is 1.91. The highest BCUT2D eigenvalue weighted by Gasteiger charge is 2.21. The SMILES string of the molecule is CC(CC(N)=NO)N(C)C(=O)c1ccc(Br)cc1O. The average molecular weight is 330 g/mol. The molecule has 0 aromatic heterocycles. The Balaban J connectivity index is 2.87. The van der Waals surface area contributed by atoms with Gasteiger partial charge in [0.1, 0.15) is 11.6 Å². The molecule has 0 aliphatic heterocycles. The molecule has 0 aliphatic rings. The van der Waals surface area contributed by atoms with Crippen LogP contribution in [0.3, 0.4) is 0 Å². The molecule has 1 aromatic rings. The molecule has 0 radical (unpaired) electrons. The quantitative estimate of drug-likeness (QED) is 0.339. The summed E-state index contributed by atoms with van der Waals surface area (Å²) < 4.78 is 0.689. The van der Waals surface area contributed by atoms with Gasteiger partial charge in [0.2, 0.25) is 0 Å². The average Bonchev–Trinajstić information content (AvgIpc) is 2.36. The Labute approximate surface area is 119 Å². The van der Waals surface area contributed by atoms with Crippen LogP contribution in [0.4, 0.5) is 0 Å². The highest BCUT2D eigenvalue weighted by Crippen LogP contribution is 2.24. The first kappa shape index (κ1) is 15.3. The van der Waals surface area contributed by atoms with E-state index in [-0.39, 0.29) is 35.5 Å². The van der Waals surface area contributed by atoms with Gasteiger partial charge in [-0.2, -0.15) is 0 Å². The van der Waals surface area contributed by atoms with E-state index in [2.05, 4.69) is 21.1 Å². The molecule has 0 fully saturated rings. The summed E-state index contributed by atoms with van der Waals surface area (Å²) in [7, 11) is 1.60. The highest BCUT2D eigenvalue weighted by atomic mass is 79.9. The molecule has 0 bridgehead atoms. The normalized spacial score (nSPS) is 13.1. The van der Waals surface area contributed by atoms with Gasteiger partial charge in [0.25, 0.3) is 5.91 Å². The molecule has 1 aromatic carbocycles. The summed E-state index contributed by atoms with van der Waals surface area (Å²) in [4.78, 5) is 13.6. The molecule has 4 N–H and O–H groups in total. The molecule has 1 amide bonds. The Hall–Kier alpha value is -1.76. The van der Waals surface area contributed by atoms with Crippen molar-refractivity contribution in [2.45, 2.75) is 19.4 Å². The minimum absolute atomic E-state index is 0.0483. The van der Waals surface area contributed by atoms with E-state index >= 15 is 0 Å². The standard InChI is InChI=1S/C12H16BrN3O3/c1-7(5-11(14)15-19)16(2)12(18)9-4-3-8(13)6-10(9)17/h3-4,6-7,17,19H,5H2,1-2H3,(H2,14,15). The number of hydrogen-bond acceptors (Lipinski definition) is 4. The van der Waals surface area contributed by atoms with Crippen LogP contribution in [0.1, 0.15) is 23.7 Å². The largest absolute Gasteiger partial charge is 0.507 e. The van der Waals surface area contributed by atoms with E-state index in [9.17, 15) is 9.90 Å². The van der Waals surface area contributed by atoms with Crippen LogP contribution < -0.4 is 5.73 Å². The number of benzene rings is 1. The third-order valence-electron chi connectivity index (χ3n) is 2.80. The molecule has 0 heterocycles. The summed E-state index contributed by atoms with van der Waals surface area (Å²) in [5.41, 5.74) is 5.61. The van der Waals surface area contributed by atoms with Crippen molar-refractivity contribution in [2.24, 2.45) is 10.9 Å². The van der Waals surface area contributed by atoms with Crippen molar-refractivity contribution < 1.29 is 15.1 Å². The molecular weight excluding hydrogens is 314 g/mol. The maximum absolute atomic E-state index is 12.2. The van der Waals surface area contributed by atoms with Gasteiger partial charge < -0.3 is 20.9 Å². The van der Waals surface area contributed by atoms with Crippen molar-refractivity contribution in [1.29, 1.82) is 0 Å². The van der Waals surface area contributed by atoms with Crippen LogP contribution in [-0.2, 0) is 0 Å². The van der Waals surface area contributed by atoms with Gasteiger partial charge in [-0.15, -0.1) is 0 Å². The van der Waals surface area contributed by atoms with Crippen molar-refractivity contribution in [3.8, 4) is 5.75 Å². The molecule has 104 valence electrons. The van der Waals surface area contributed by atoms with Gasteiger partial charge in [-0.25, -0.2) is 0 Å². The fraction of sp³-hybridized carbons (Fsp3) is 0.333. The zero-order valence-corrected chi connectivity index (χ0v) is 12.3. The zero-order chi connectivity index (χ0) is 14.6. The Morgan fingerprint density at radius 1 is 1.58 bits per heavy atom. The molecule has 0 aliphatic carbocycles. The number of nitrogens with two attached hydrogens (primary N) is 1. The van der Waals surface area contributed by atoms with E-state index in [0.717, 1.165) is 0 Å². The lowest BCUT2D eigenvalue weighted by atomic mass is 10.1. The predicted octanol–water partition coefficient (Wildman–Crippen LogP) is 1.75. The smallest absolute Gasteiger partial charge is 0.257 e. The maximum atomic E-state index is 12.2. The third kappa shape index (κ3) is 3.85. The summed E-state index contributed by atoms with van der Waals surface area (Å²) in [5, 5.41) is 21.1. The molecular formula is C12H16BrN3O3. The lowest BCUT2D eigenvalue weighted by Gasteiger charge is -2.24. The van der Waals surface area contributed by atoms with E-state index in [1.165, 1.54) is 17.0 Å². The molecule has 7 heteroatoms. The summed E-state index contributed by atoms with van der Waals surface area (Å²) >= 11 is 3.21. The minimum atomic E-state index is -0.330. The number of phenols is 1. The summed E-state index contributed by atoms with van der Waals surface area (Å²) in [5.74, 6) is -0.377. The fourth-order valence-electron chi connectivity index (χ4n) is 1.56. The van der Waals surface area contributed by atoms with Crippen LogP contribution >= 0.6 is 15.9 Å². The molecule has 19 heavy (non-hydrogen) atoms. The third-order valence-corrected chi connectivity index (χ3v) is 3.30. The van der Waals surface area contributed by atoms with Crippen LogP contribution in [0.25, 0.3) is 0 Å². The summed E-state index contributed by atoms with van der Waals surface area (Å²) in [6.07, 6.45) is 0.246. The van der Waals surface area contributed by atoms with Crippen LogP contribution in [0.2, 0.25) is 0 Å². The number of carbonyl (C=O) groups excluding carboxylic acids is 1. The molecule has 1 unspecified atom stereocenters. The molecule has 0 spiro atoms. The number of amides is 1. The predicted molar refractivity (Wildman–Crippen MR) is 75.4 cm³/mol. The Bertz CT molecular complexity index is 505. The Kier molecular flexibility index (Phi) is 5.17. The number of rotatable bonds is 4. The monoisotopic (exact) mass is 329 g/mol. The summed E-state index contributed by atoms with van der Waals surface area (Å²) in [6.45, 7) is 1.77. The number of oxime groups is 1. The van der Waals surface area contributed by atoms with Gasteiger partial charge in [0.15, 0.2) is 0 Å². The van der Waals surface area contributed by atoms with E-state index in [4.69, 9.17) is 10.9 Å². The van der Waals surface area contributed by atoms with Crippen LogP contribution in [-0.4, -0.2) is 40.0 Å². The van der Waals surface area contributed by atoms with Gasteiger partial charge in [0, 0.05) is 24.0 Å². The van der Waals surface area contributed by atoms with E-state index in [1.807, 2.05) is 0 Å². The topological polar surface area (TPSA) is 99.2 Å². The first-order valence-electron chi connectivity index (χ1n) is 5.59. The molecule has 0 saturated heterocycles. The van der Waals surface area contributed by atoms with Gasteiger partial charge in [-0.05, 0) is 25.1 Å². The second-order valence-corrected chi connectivity index (χ2v) is 5.14.